The SMILES string of the molecule is CC(C)C[C@H](NS(=O)(=O)CCCc1ccccc1)C(=O)N1CCCCC1. The van der Waals surface area contributed by atoms with Crippen LogP contribution in [0.5, 0.6) is 0 Å². The van der Waals surface area contributed by atoms with Crippen LogP contribution in [0.25, 0.3) is 0 Å². The average molecular weight is 381 g/mol. The number of nitrogens with zero attached hydrogens (tertiary/aromatic N) is 1. The molecule has 1 aromatic carbocycles. The zero-order valence-electron chi connectivity index (χ0n) is 16.0. The molecule has 0 bridgehead atoms. The number of aryl methyl sites for hydroxylation is 1. The van der Waals surface area contributed by atoms with Crippen LogP contribution >= 0.6 is 0 Å². The van der Waals surface area contributed by atoms with E-state index in [1.165, 1.54) is 0 Å². The number of amides is 1. The number of carbonyl (C=O) groups is 1. The second-order valence-corrected chi connectivity index (χ2v) is 9.47. The molecule has 1 aromatic rings. The van der Waals surface area contributed by atoms with Crippen molar-refractivity contribution in [2.75, 3.05) is 18.8 Å². The number of likely N-dealkylation sites (tertiary alicyclic amines) is 1. The molecule has 1 atom stereocenters. The third-order valence-corrected chi connectivity index (χ3v) is 6.19. The molecule has 0 radical (unpaired) electrons. The Hall–Kier alpha value is -1.40. The van der Waals surface area contributed by atoms with Gasteiger partial charge in [-0.2, -0.15) is 0 Å². The summed E-state index contributed by atoms with van der Waals surface area (Å²) in [7, 11) is -3.48. The van der Waals surface area contributed by atoms with Crippen molar-refractivity contribution in [1.29, 1.82) is 0 Å². The van der Waals surface area contributed by atoms with Crippen LogP contribution in [0.3, 0.4) is 0 Å². The van der Waals surface area contributed by atoms with Crippen molar-refractivity contribution >= 4 is 15.9 Å². The number of sulfonamides is 1. The van der Waals surface area contributed by atoms with Crippen molar-refractivity contribution in [3.63, 3.8) is 0 Å². The minimum atomic E-state index is -3.48. The molecule has 1 heterocycles. The molecule has 1 aliphatic heterocycles. The molecule has 0 aliphatic carbocycles. The Balaban J connectivity index is 1.93. The Kier molecular flexibility index (Phi) is 8.10. The van der Waals surface area contributed by atoms with Gasteiger partial charge in [0.2, 0.25) is 15.9 Å². The lowest BCUT2D eigenvalue weighted by molar-refractivity contribution is -0.134. The van der Waals surface area contributed by atoms with Crippen molar-refractivity contribution in [1.82, 2.24) is 9.62 Å². The first-order valence-electron chi connectivity index (χ1n) is 9.70. The number of carbonyl (C=O) groups excluding carboxylic acids is 1. The minimum Gasteiger partial charge on any atom is -0.341 e. The van der Waals surface area contributed by atoms with Gasteiger partial charge in [0.05, 0.1) is 5.75 Å². The van der Waals surface area contributed by atoms with Crippen molar-refractivity contribution in [2.45, 2.75) is 58.4 Å². The summed E-state index contributed by atoms with van der Waals surface area (Å²) in [5.74, 6) is 0.231. The van der Waals surface area contributed by atoms with Gasteiger partial charge in [0, 0.05) is 13.1 Å². The fourth-order valence-electron chi connectivity index (χ4n) is 3.39. The Bertz CT molecular complexity index is 653. The molecule has 1 N–H and O–H groups in total. The lowest BCUT2D eigenvalue weighted by Crippen LogP contribution is -2.50. The van der Waals surface area contributed by atoms with E-state index in [0.29, 0.717) is 12.8 Å². The third kappa shape index (κ3) is 7.08. The van der Waals surface area contributed by atoms with E-state index in [2.05, 4.69) is 4.72 Å². The van der Waals surface area contributed by atoms with Gasteiger partial charge in [-0.1, -0.05) is 44.2 Å². The highest BCUT2D eigenvalue weighted by atomic mass is 32.2. The summed E-state index contributed by atoms with van der Waals surface area (Å²) in [5.41, 5.74) is 1.13. The lowest BCUT2D eigenvalue weighted by Gasteiger charge is -2.31. The van der Waals surface area contributed by atoms with E-state index in [-0.39, 0.29) is 17.6 Å². The maximum atomic E-state index is 12.8. The summed E-state index contributed by atoms with van der Waals surface area (Å²) in [6.07, 6.45) is 4.95. The molecule has 0 spiro atoms. The fourth-order valence-corrected chi connectivity index (χ4v) is 4.66. The van der Waals surface area contributed by atoms with Crippen LogP contribution in [-0.2, 0) is 21.2 Å². The van der Waals surface area contributed by atoms with Gasteiger partial charge in [-0.05, 0) is 50.0 Å². The summed E-state index contributed by atoms with van der Waals surface area (Å²) in [6.45, 7) is 5.51. The second kappa shape index (κ2) is 10.1. The summed E-state index contributed by atoms with van der Waals surface area (Å²) in [6, 6.07) is 9.22. The number of rotatable bonds is 9. The van der Waals surface area contributed by atoms with E-state index in [9.17, 15) is 13.2 Å². The van der Waals surface area contributed by atoms with Gasteiger partial charge in [-0.15, -0.1) is 0 Å². The zero-order valence-corrected chi connectivity index (χ0v) is 16.8. The molecule has 1 aliphatic rings. The Labute approximate surface area is 158 Å². The maximum Gasteiger partial charge on any atom is 0.240 e. The Morgan fingerprint density at radius 1 is 1.12 bits per heavy atom. The van der Waals surface area contributed by atoms with Gasteiger partial charge in [-0.25, -0.2) is 13.1 Å². The maximum absolute atomic E-state index is 12.8. The van der Waals surface area contributed by atoms with E-state index in [4.69, 9.17) is 0 Å². The number of piperidine rings is 1. The molecule has 1 amide bonds. The van der Waals surface area contributed by atoms with Crippen LogP contribution in [0.15, 0.2) is 30.3 Å². The normalized spacial score (nSPS) is 16.7. The first-order chi connectivity index (χ1) is 12.4. The summed E-state index contributed by atoms with van der Waals surface area (Å²) in [5, 5.41) is 0. The summed E-state index contributed by atoms with van der Waals surface area (Å²) < 4.78 is 27.7. The molecular weight excluding hydrogens is 348 g/mol. The van der Waals surface area contributed by atoms with E-state index >= 15 is 0 Å². The molecule has 1 fully saturated rings. The summed E-state index contributed by atoms with van der Waals surface area (Å²) in [4.78, 5) is 14.6. The van der Waals surface area contributed by atoms with Crippen molar-refractivity contribution in [3.8, 4) is 0 Å². The predicted octanol–water partition coefficient (Wildman–Crippen LogP) is 2.97. The molecule has 0 unspecified atom stereocenters. The number of hydrogen-bond acceptors (Lipinski definition) is 3. The molecule has 26 heavy (non-hydrogen) atoms. The highest BCUT2D eigenvalue weighted by molar-refractivity contribution is 7.89. The molecule has 1 saturated heterocycles. The van der Waals surface area contributed by atoms with Gasteiger partial charge in [-0.3, -0.25) is 4.79 Å². The van der Waals surface area contributed by atoms with Gasteiger partial charge in [0.15, 0.2) is 0 Å². The van der Waals surface area contributed by atoms with Gasteiger partial charge >= 0.3 is 0 Å². The van der Waals surface area contributed by atoms with Crippen LogP contribution in [0.2, 0.25) is 0 Å². The van der Waals surface area contributed by atoms with Crippen LogP contribution in [0, 0.1) is 5.92 Å². The molecular formula is C20H32N2O3S. The minimum absolute atomic E-state index is 0.0454. The monoisotopic (exact) mass is 380 g/mol. The topological polar surface area (TPSA) is 66.5 Å². The Morgan fingerprint density at radius 2 is 1.77 bits per heavy atom. The van der Waals surface area contributed by atoms with E-state index in [0.717, 1.165) is 44.3 Å². The van der Waals surface area contributed by atoms with Gasteiger partial charge < -0.3 is 4.90 Å². The van der Waals surface area contributed by atoms with E-state index in [1.54, 1.807) is 0 Å². The molecule has 0 aromatic heterocycles. The third-order valence-electron chi connectivity index (χ3n) is 4.72. The van der Waals surface area contributed by atoms with Crippen LogP contribution < -0.4 is 4.72 Å². The highest BCUT2D eigenvalue weighted by Gasteiger charge is 2.29. The lowest BCUT2D eigenvalue weighted by atomic mass is 10.0. The van der Waals surface area contributed by atoms with Crippen molar-refractivity contribution in [3.05, 3.63) is 35.9 Å². The molecule has 5 nitrogen and oxygen atoms in total. The molecule has 146 valence electrons. The van der Waals surface area contributed by atoms with Crippen molar-refractivity contribution in [2.24, 2.45) is 5.92 Å². The number of nitrogens with one attached hydrogen (secondary N) is 1. The quantitative estimate of drug-likeness (QED) is 0.716. The first-order valence-corrected chi connectivity index (χ1v) is 11.4. The van der Waals surface area contributed by atoms with Crippen LogP contribution in [-0.4, -0.2) is 44.1 Å². The van der Waals surface area contributed by atoms with Gasteiger partial charge in [0.1, 0.15) is 6.04 Å². The van der Waals surface area contributed by atoms with Gasteiger partial charge in [0.25, 0.3) is 0 Å². The molecule has 2 rings (SSSR count). The largest absolute Gasteiger partial charge is 0.341 e. The summed E-state index contributed by atoms with van der Waals surface area (Å²) >= 11 is 0. The zero-order chi connectivity index (χ0) is 19.0. The second-order valence-electron chi connectivity index (χ2n) is 7.59. The van der Waals surface area contributed by atoms with Crippen LogP contribution in [0.4, 0.5) is 0 Å². The van der Waals surface area contributed by atoms with E-state index in [1.807, 2.05) is 49.1 Å². The number of hydrogen-bond donors (Lipinski definition) is 1. The smallest absolute Gasteiger partial charge is 0.240 e. The first kappa shape index (κ1) is 20.9. The highest BCUT2D eigenvalue weighted by Crippen LogP contribution is 2.15. The van der Waals surface area contributed by atoms with E-state index < -0.39 is 16.1 Å². The number of benzene rings is 1. The molecule has 0 saturated carbocycles. The Morgan fingerprint density at radius 3 is 2.38 bits per heavy atom. The van der Waals surface area contributed by atoms with Crippen LogP contribution in [0.1, 0.15) is 51.5 Å². The fraction of sp³-hybridized carbons (Fsp3) is 0.650. The standard InChI is InChI=1S/C20H32N2O3S/c1-17(2)16-19(20(23)22-13-7-4-8-14-22)21-26(24,25)15-9-12-18-10-5-3-6-11-18/h3,5-6,10-11,17,19,21H,4,7-9,12-16H2,1-2H3/t19-/m0/s1. The van der Waals surface area contributed by atoms with Crippen molar-refractivity contribution < 1.29 is 13.2 Å². The molecule has 6 heteroatoms. The predicted molar refractivity (Wildman–Crippen MR) is 105 cm³/mol. The average Bonchev–Trinajstić information content (AvgIpc) is 2.61.